The van der Waals surface area contributed by atoms with Gasteiger partial charge in [0.15, 0.2) is 9.84 Å². The lowest BCUT2D eigenvalue weighted by Gasteiger charge is -2.03. The second-order valence-electron chi connectivity index (χ2n) is 5.80. The van der Waals surface area contributed by atoms with Crippen molar-refractivity contribution in [3.63, 3.8) is 0 Å². The summed E-state index contributed by atoms with van der Waals surface area (Å²) in [6.45, 7) is 2.04. The Hall–Kier alpha value is -2.65. The fourth-order valence-corrected chi connectivity index (χ4v) is 4.40. The van der Waals surface area contributed by atoms with E-state index in [0.29, 0.717) is 5.56 Å². The minimum Gasteiger partial charge on any atom is -0.408 e. The lowest BCUT2D eigenvalue weighted by molar-refractivity contribution is 0.102. The molecular formula is C19H19N3O4S2. The summed E-state index contributed by atoms with van der Waals surface area (Å²) in [7, 11) is -3.44. The average Bonchev–Trinajstić information content (AvgIpc) is 3.15. The van der Waals surface area contributed by atoms with E-state index in [1.807, 2.05) is 13.0 Å². The van der Waals surface area contributed by atoms with E-state index in [-0.39, 0.29) is 34.9 Å². The van der Waals surface area contributed by atoms with E-state index >= 15 is 0 Å². The number of aromatic nitrogens is 2. The Bertz CT molecular complexity index is 1050. The first-order valence-electron chi connectivity index (χ1n) is 8.62. The van der Waals surface area contributed by atoms with E-state index in [4.69, 9.17) is 4.42 Å². The molecule has 0 atom stereocenters. The second kappa shape index (κ2) is 9.03. The van der Waals surface area contributed by atoms with E-state index in [0.717, 1.165) is 10.6 Å². The van der Waals surface area contributed by atoms with Crippen LogP contribution in [0, 0.1) is 0 Å². The van der Waals surface area contributed by atoms with E-state index in [2.05, 4.69) is 15.5 Å². The molecule has 9 heteroatoms. The molecule has 0 saturated carbocycles. The number of benzene rings is 2. The van der Waals surface area contributed by atoms with E-state index in [1.165, 1.54) is 0 Å². The summed E-state index contributed by atoms with van der Waals surface area (Å²) in [6.07, 6.45) is 0.0583. The minimum absolute atomic E-state index is 0.0583. The van der Waals surface area contributed by atoms with Gasteiger partial charge in [0, 0.05) is 16.9 Å². The molecule has 2 aromatic carbocycles. The Kier molecular flexibility index (Phi) is 6.48. The molecule has 1 amide bonds. The molecule has 146 valence electrons. The maximum Gasteiger partial charge on any atom is 0.322 e. The third kappa shape index (κ3) is 5.20. The summed E-state index contributed by atoms with van der Waals surface area (Å²) in [6, 6.07) is 15.3. The van der Waals surface area contributed by atoms with Gasteiger partial charge in [-0.2, -0.15) is 0 Å². The Morgan fingerprint density at radius 2 is 1.89 bits per heavy atom. The zero-order chi connectivity index (χ0) is 20.0. The molecular weight excluding hydrogens is 398 g/mol. The highest BCUT2D eigenvalue weighted by atomic mass is 32.2. The Labute approximate surface area is 167 Å². The predicted molar refractivity (Wildman–Crippen MR) is 107 cm³/mol. The number of hydrogen-bond acceptors (Lipinski definition) is 7. The largest absolute Gasteiger partial charge is 0.408 e. The number of sulfone groups is 1. The Balaban J connectivity index is 1.61. The highest BCUT2D eigenvalue weighted by Gasteiger charge is 2.17. The van der Waals surface area contributed by atoms with Crippen molar-refractivity contribution in [1.29, 1.82) is 0 Å². The Morgan fingerprint density at radius 1 is 1.11 bits per heavy atom. The number of anilines is 1. The summed E-state index contributed by atoms with van der Waals surface area (Å²) in [4.78, 5) is 13.6. The van der Waals surface area contributed by atoms with Crippen LogP contribution in [0.4, 0.5) is 6.01 Å². The summed E-state index contributed by atoms with van der Waals surface area (Å²) >= 11 is 1.64. The number of carbonyl (C=O) groups excluding carboxylic acids is 1. The van der Waals surface area contributed by atoms with Gasteiger partial charge in [0.25, 0.3) is 5.91 Å². The molecule has 1 aromatic heterocycles. The van der Waals surface area contributed by atoms with Crippen molar-refractivity contribution in [2.45, 2.75) is 23.1 Å². The topological polar surface area (TPSA) is 102 Å². The molecule has 0 aliphatic rings. The zero-order valence-corrected chi connectivity index (χ0v) is 16.8. The quantitative estimate of drug-likeness (QED) is 0.560. The SMILES string of the molecule is CCSc1cccc(C(=O)Nc2nnc(CCS(=O)(=O)c3ccccc3)o2)c1. The molecule has 0 radical (unpaired) electrons. The predicted octanol–water partition coefficient (Wildman–Crippen LogP) is 3.45. The summed E-state index contributed by atoms with van der Waals surface area (Å²) in [5, 5.41) is 10.1. The molecule has 3 aromatic rings. The van der Waals surface area contributed by atoms with Gasteiger partial charge >= 0.3 is 6.01 Å². The lowest BCUT2D eigenvalue weighted by Crippen LogP contribution is -2.12. The number of nitrogens with zero attached hydrogens (tertiary/aromatic N) is 2. The van der Waals surface area contributed by atoms with Gasteiger partial charge in [-0.1, -0.05) is 36.3 Å². The van der Waals surface area contributed by atoms with Crippen LogP contribution < -0.4 is 5.32 Å². The van der Waals surface area contributed by atoms with Crippen LogP contribution in [-0.4, -0.2) is 36.0 Å². The summed E-state index contributed by atoms with van der Waals surface area (Å²) in [5.41, 5.74) is 0.477. The van der Waals surface area contributed by atoms with E-state index < -0.39 is 9.84 Å². The van der Waals surface area contributed by atoms with Crippen LogP contribution >= 0.6 is 11.8 Å². The number of aryl methyl sites for hydroxylation is 1. The maximum atomic E-state index is 12.3. The molecule has 0 saturated heterocycles. The van der Waals surface area contributed by atoms with Crippen molar-refractivity contribution in [1.82, 2.24) is 10.2 Å². The third-order valence-corrected chi connectivity index (χ3v) is 6.39. The third-order valence-electron chi connectivity index (χ3n) is 3.78. The van der Waals surface area contributed by atoms with Gasteiger partial charge in [0.05, 0.1) is 10.6 Å². The first-order chi connectivity index (χ1) is 13.5. The molecule has 1 N–H and O–H groups in total. The fourth-order valence-electron chi connectivity index (χ4n) is 2.44. The van der Waals surface area contributed by atoms with Gasteiger partial charge in [0.2, 0.25) is 5.89 Å². The Morgan fingerprint density at radius 3 is 2.64 bits per heavy atom. The monoisotopic (exact) mass is 417 g/mol. The molecule has 0 aliphatic carbocycles. The fraction of sp³-hybridized carbons (Fsp3) is 0.211. The molecule has 3 rings (SSSR count). The minimum atomic E-state index is -3.44. The van der Waals surface area contributed by atoms with Crippen molar-refractivity contribution in [2.24, 2.45) is 0 Å². The van der Waals surface area contributed by atoms with E-state index in [9.17, 15) is 13.2 Å². The van der Waals surface area contributed by atoms with Crippen molar-refractivity contribution in [3.05, 3.63) is 66.1 Å². The van der Waals surface area contributed by atoms with Gasteiger partial charge in [-0.05, 0) is 36.1 Å². The number of rotatable bonds is 8. The van der Waals surface area contributed by atoms with Crippen LogP contribution in [0.2, 0.25) is 0 Å². The molecule has 0 fully saturated rings. The van der Waals surface area contributed by atoms with Gasteiger partial charge < -0.3 is 4.42 Å². The standard InChI is InChI=1S/C19H19N3O4S2/c1-2-27-15-8-6-7-14(13-15)18(23)20-19-22-21-17(26-19)11-12-28(24,25)16-9-4-3-5-10-16/h3-10,13H,2,11-12H2,1H3,(H,20,22,23). The van der Waals surface area contributed by atoms with E-state index in [1.54, 1.807) is 60.3 Å². The van der Waals surface area contributed by atoms with Crippen LogP contribution in [0.1, 0.15) is 23.2 Å². The van der Waals surface area contributed by atoms with Crippen LogP contribution in [0.15, 0.2) is 68.8 Å². The van der Waals surface area contributed by atoms with Crippen LogP contribution in [0.3, 0.4) is 0 Å². The van der Waals surface area contributed by atoms with Gasteiger partial charge in [-0.15, -0.1) is 16.9 Å². The zero-order valence-electron chi connectivity index (χ0n) is 15.2. The van der Waals surface area contributed by atoms with Crippen molar-refractivity contribution in [3.8, 4) is 0 Å². The van der Waals surface area contributed by atoms with Crippen LogP contribution in [0.5, 0.6) is 0 Å². The van der Waals surface area contributed by atoms with Crippen LogP contribution in [-0.2, 0) is 16.3 Å². The van der Waals surface area contributed by atoms with Gasteiger partial charge in [0.1, 0.15) is 0 Å². The van der Waals surface area contributed by atoms with Crippen molar-refractivity contribution < 1.29 is 17.6 Å². The first-order valence-corrected chi connectivity index (χ1v) is 11.3. The average molecular weight is 418 g/mol. The molecule has 0 aliphatic heterocycles. The van der Waals surface area contributed by atoms with Gasteiger partial charge in [-0.3, -0.25) is 10.1 Å². The molecule has 1 heterocycles. The lowest BCUT2D eigenvalue weighted by atomic mass is 10.2. The number of nitrogens with one attached hydrogen (secondary N) is 1. The molecule has 0 unspecified atom stereocenters. The highest BCUT2D eigenvalue weighted by Crippen LogP contribution is 2.19. The smallest absolute Gasteiger partial charge is 0.322 e. The second-order valence-corrected chi connectivity index (χ2v) is 9.24. The van der Waals surface area contributed by atoms with Crippen LogP contribution in [0.25, 0.3) is 0 Å². The van der Waals surface area contributed by atoms with Crippen molar-refractivity contribution >= 4 is 33.5 Å². The number of carbonyl (C=O) groups is 1. The molecule has 0 bridgehead atoms. The molecule has 28 heavy (non-hydrogen) atoms. The number of thioether (sulfide) groups is 1. The summed E-state index contributed by atoms with van der Waals surface area (Å²) in [5.74, 6) is 0.517. The highest BCUT2D eigenvalue weighted by molar-refractivity contribution is 7.99. The van der Waals surface area contributed by atoms with Crippen molar-refractivity contribution in [2.75, 3.05) is 16.8 Å². The van der Waals surface area contributed by atoms with Gasteiger partial charge in [-0.25, -0.2) is 8.42 Å². The summed E-state index contributed by atoms with van der Waals surface area (Å²) < 4.78 is 30.0. The number of amides is 1. The molecule has 0 spiro atoms. The molecule has 7 nitrogen and oxygen atoms in total. The number of hydrogen-bond donors (Lipinski definition) is 1. The maximum absolute atomic E-state index is 12.3. The first kappa shape index (κ1) is 20.1. The normalized spacial score (nSPS) is 11.3.